The molecule has 0 radical (unpaired) electrons. The van der Waals surface area contributed by atoms with Gasteiger partial charge in [0.1, 0.15) is 0 Å². The quantitative estimate of drug-likeness (QED) is 0.702. The van der Waals surface area contributed by atoms with Crippen molar-refractivity contribution < 1.29 is 4.74 Å². The van der Waals surface area contributed by atoms with Crippen LogP contribution in [0.25, 0.3) is 0 Å². The Bertz CT molecular complexity index is 252. The number of unbranched alkanes of at least 4 members (excludes halogenated alkanes) is 1. The van der Waals surface area contributed by atoms with Gasteiger partial charge < -0.3 is 10.1 Å². The van der Waals surface area contributed by atoms with Crippen LogP contribution in [0.2, 0.25) is 0 Å². The summed E-state index contributed by atoms with van der Waals surface area (Å²) in [6.07, 6.45) is 3.86. The van der Waals surface area contributed by atoms with Crippen molar-refractivity contribution in [1.29, 1.82) is 0 Å². The molecule has 1 aromatic heterocycles. The summed E-state index contributed by atoms with van der Waals surface area (Å²) >= 11 is 0. The first-order chi connectivity index (χ1) is 6.36. The number of aromatic nitrogens is 2. The van der Waals surface area contributed by atoms with E-state index in [1.165, 1.54) is 0 Å². The second kappa shape index (κ2) is 5.35. The zero-order valence-corrected chi connectivity index (χ0v) is 8.08. The van der Waals surface area contributed by atoms with Gasteiger partial charge >= 0.3 is 0 Å². The van der Waals surface area contributed by atoms with Crippen molar-refractivity contribution in [3.63, 3.8) is 0 Å². The van der Waals surface area contributed by atoms with Crippen LogP contribution in [0.3, 0.4) is 0 Å². The Labute approximate surface area is 78.4 Å². The maximum Gasteiger partial charge on any atom is 0.225 e. The van der Waals surface area contributed by atoms with Crippen molar-refractivity contribution in [3.05, 3.63) is 12.3 Å². The van der Waals surface area contributed by atoms with Crippen molar-refractivity contribution in [2.75, 3.05) is 19.0 Å². The third-order valence-corrected chi connectivity index (χ3v) is 1.60. The lowest BCUT2D eigenvalue weighted by molar-refractivity contribution is 0.297. The normalized spacial score (nSPS) is 9.69. The molecule has 0 aliphatic carbocycles. The fraction of sp³-hybridized carbons (Fsp3) is 0.556. The van der Waals surface area contributed by atoms with Crippen molar-refractivity contribution in [2.45, 2.75) is 19.8 Å². The zero-order valence-electron chi connectivity index (χ0n) is 8.08. The van der Waals surface area contributed by atoms with Gasteiger partial charge in [-0.3, -0.25) is 0 Å². The average Bonchev–Trinajstić information content (AvgIpc) is 2.19. The highest BCUT2D eigenvalue weighted by Gasteiger charge is 1.96. The highest BCUT2D eigenvalue weighted by molar-refractivity contribution is 5.25. The molecular formula is C9H15N3O. The van der Waals surface area contributed by atoms with Crippen LogP contribution in [0, 0.1) is 0 Å². The van der Waals surface area contributed by atoms with E-state index < -0.39 is 0 Å². The lowest BCUT2D eigenvalue weighted by Crippen LogP contribution is -2.01. The van der Waals surface area contributed by atoms with E-state index in [-0.39, 0.29) is 0 Å². The van der Waals surface area contributed by atoms with Crippen molar-refractivity contribution in [3.8, 4) is 5.88 Å². The van der Waals surface area contributed by atoms with Gasteiger partial charge in [-0.25, -0.2) is 4.98 Å². The van der Waals surface area contributed by atoms with Crippen LogP contribution in [-0.4, -0.2) is 23.6 Å². The zero-order chi connectivity index (χ0) is 9.52. The lowest BCUT2D eigenvalue weighted by atomic mass is 10.4. The average molecular weight is 181 g/mol. The maximum atomic E-state index is 5.40. The summed E-state index contributed by atoms with van der Waals surface area (Å²) in [5, 5.41) is 2.86. The Morgan fingerprint density at radius 1 is 1.54 bits per heavy atom. The van der Waals surface area contributed by atoms with Gasteiger partial charge in [0.05, 0.1) is 6.61 Å². The molecule has 0 aliphatic heterocycles. The molecule has 0 unspecified atom stereocenters. The van der Waals surface area contributed by atoms with E-state index >= 15 is 0 Å². The minimum atomic E-state index is 0.592. The SMILES string of the molecule is CCCCOc1ccnc(NC)n1. The smallest absolute Gasteiger partial charge is 0.225 e. The topological polar surface area (TPSA) is 47.0 Å². The summed E-state index contributed by atoms with van der Waals surface area (Å²) in [4.78, 5) is 8.10. The highest BCUT2D eigenvalue weighted by Crippen LogP contribution is 2.07. The van der Waals surface area contributed by atoms with Crippen LogP contribution < -0.4 is 10.1 Å². The predicted octanol–water partition coefficient (Wildman–Crippen LogP) is 1.70. The van der Waals surface area contributed by atoms with E-state index in [9.17, 15) is 0 Å². The van der Waals surface area contributed by atoms with E-state index in [1.807, 2.05) is 0 Å². The molecular weight excluding hydrogens is 166 g/mol. The second-order valence-corrected chi connectivity index (χ2v) is 2.67. The first-order valence-electron chi connectivity index (χ1n) is 4.50. The molecule has 1 rings (SSSR count). The van der Waals surface area contributed by atoms with Crippen molar-refractivity contribution in [2.24, 2.45) is 0 Å². The highest BCUT2D eigenvalue weighted by atomic mass is 16.5. The Morgan fingerprint density at radius 3 is 3.08 bits per heavy atom. The number of anilines is 1. The molecule has 0 amide bonds. The van der Waals surface area contributed by atoms with Gasteiger partial charge in [0, 0.05) is 19.3 Å². The number of ether oxygens (including phenoxy) is 1. The molecule has 72 valence electrons. The molecule has 0 fully saturated rings. The second-order valence-electron chi connectivity index (χ2n) is 2.67. The molecule has 1 aromatic rings. The van der Waals surface area contributed by atoms with Gasteiger partial charge in [0.2, 0.25) is 11.8 Å². The Hall–Kier alpha value is -1.32. The summed E-state index contributed by atoms with van der Waals surface area (Å²) in [7, 11) is 1.78. The Morgan fingerprint density at radius 2 is 2.38 bits per heavy atom. The van der Waals surface area contributed by atoms with Crippen LogP contribution in [0.1, 0.15) is 19.8 Å². The van der Waals surface area contributed by atoms with E-state index in [4.69, 9.17) is 4.74 Å². The van der Waals surface area contributed by atoms with Gasteiger partial charge in [0.15, 0.2) is 0 Å². The van der Waals surface area contributed by atoms with Gasteiger partial charge in [-0.1, -0.05) is 13.3 Å². The molecule has 0 saturated heterocycles. The van der Waals surface area contributed by atoms with Crippen LogP contribution in [0.4, 0.5) is 5.95 Å². The molecule has 0 spiro atoms. The van der Waals surface area contributed by atoms with Crippen LogP contribution in [0.15, 0.2) is 12.3 Å². The largest absolute Gasteiger partial charge is 0.478 e. The molecule has 0 aliphatic rings. The fourth-order valence-electron chi connectivity index (χ4n) is 0.864. The number of rotatable bonds is 5. The Kier molecular flexibility index (Phi) is 4.02. The number of hydrogen-bond donors (Lipinski definition) is 1. The van der Waals surface area contributed by atoms with E-state index in [0.717, 1.165) is 19.4 Å². The summed E-state index contributed by atoms with van der Waals surface area (Å²) < 4.78 is 5.40. The first kappa shape index (κ1) is 9.77. The number of nitrogens with one attached hydrogen (secondary N) is 1. The summed E-state index contributed by atoms with van der Waals surface area (Å²) in [6, 6.07) is 1.76. The molecule has 4 nitrogen and oxygen atoms in total. The van der Waals surface area contributed by atoms with Crippen LogP contribution >= 0.6 is 0 Å². The third kappa shape index (κ3) is 3.27. The third-order valence-electron chi connectivity index (χ3n) is 1.60. The minimum absolute atomic E-state index is 0.592. The molecule has 0 saturated carbocycles. The molecule has 4 heteroatoms. The molecule has 0 aromatic carbocycles. The first-order valence-corrected chi connectivity index (χ1v) is 4.50. The molecule has 1 heterocycles. The molecule has 1 N–H and O–H groups in total. The number of hydrogen-bond acceptors (Lipinski definition) is 4. The van der Waals surface area contributed by atoms with E-state index in [1.54, 1.807) is 19.3 Å². The van der Waals surface area contributed by atoms with Crippen molar-refractivity contribution >= 4 is 5.95 Å². The summed E-state index contributed by atoms with van der Waals surface area (Å²) in [6.45, 7) is 2.85. The van der Waals surface area contributed by atoms with E-state index in [0.29, 0.717) is 11.8 Å². The van der Waals surface area contributed by atoms with E-state index in [2.05, 4.69) is 22.2 Å². The van der Waals surface area contributed by atoms with Gasteiger partial charge in [-0.15, -0.1) is 0 Å². The summed E-state index contributed by atoms with van der Waals surface area (Å²) in [5.74, 6) is 1.22. The van der Waals surface area contributed by atoms with Gasteiger partial charge in [-0.05, 0) is 6.42 Å². The van der Waals surface area contributed by atoms with Crippen LogP contribution in [0.5, 0.6) is 5.88 Å². The molecule has 0 bridgehead atoms. The number of nitrogens with zero attached hydrogens (tertiary/aromatic N) is 2. The molecule has 13 heavy (non-hydrogen) atoms. The van der Waals surface area contributed by atoms with Crippen LogP contribution in [-0.2, 0) is 0 Å². The fourth-order valence-corrected chi connectivity index (χ4v) is 0.864. The van der Waals surface area contributed by atoms with Crippen molar-refractivity contribution in [1.82, 2.24) is 9.97 Å². The van der Waals surface area contributed by atoms with Gasteiger partial charge in [-0.2, -0.15) is 4.98 Å². The standard InChI is InChI=1S/C9H15N3O/c1-3-4-7-13-8-5-6-11-9(10-2)12-8/h5-6H,3-4,7H2,1-2H3,(H,10,11,12). The lowest BCUT2D eigenvalue weighted by Gasteiger charge is -2.04. The summed E-state index contributed by atoms with van der Waals surface area (Å²) in [5.41, 5.74) is 0. The van der Waals surface area contributed by atoms with Gasteiger partial charge in [0.25, 0.3) is 0 Å². The Balaban J connectivity index is 2.46. The predicted molar refractivity (Wildman–Crippen MR) is 52.0 cm³/mol. The minimum Gasteiger partial charge on any atom is -0.478 e. The molecule has 0 atom stereocenters. The monoisotopic (exact) mass is 181 g/mol. The maximum absolute atomic E-state index is 5.40.